The van der Waals surface area contributed by atoms with Crippen LogP contribution < -0.4 is 15.4 Å². The van der Waals surface area contributed by atoms with E-state index in [4.69, 9.17) is 9.47 Å². The highest BCUT2D eigenvalue weighted by atomic mass is 16.5. The van der Waals surface area contributed by atoms with Gasteiger partial charge in [-0.1, -0.05) is 12.1 Å². The Labute approximate surface area is 134 Å². The molecule has 1 aliphatic rings. The highest BCUT2D eigenvalue weighted by molar-refractivity contribution is 5.95. The lowest BCUT2D eigenvalue weighted by Crippen LogP contribution is -2.42. The quantitative estimate of drug-likeness (QED) is 0.735. The number of aryl methyl sites for hydroxylation is 1. The van der Waals surface area contributed by atoms with E-state index in [1.54, 1.807) is 7.11 Å². The fourth-order valence-corrected chi connectivity index (χ4v) is 1.87. The standard InChI is InChI=1S/C16H20N2O5/c1-22-13-7-2-11(3-8-13)4-9-15(20)23-10-14(19)18-16(21)17-12-5-6-12/h2-3,7-8,12H,4-6,9-10H2,1H3,(H2,17,18,19,21). The number of ether oxygens (including phenoxy) is 2. The first-order valence-corrected chi connectivity index (χ1v) is 7.45. The van der Waals surface area contributed by atoms with Gasteiger partial charge < -0.3 is 14.8 Å². The highest BCUT2D eigenvalue weighted by Crippen LogP contribution is 2.18. The second-order valence-electron chi connectivity index (χ2n) is 5.30. The van der Waals surface area contributed by atoms with Crippen LogP contribution in [0.1, 0.15) is 24.8 Å². The van der Waals surface area contributed by atoms with Crippen molar-refractivity contribution in [2.24, 2.45) is 0 Å². The summed E-state index contributed by atoms with van der Waals surface area (Å²) in [4.78, 5) is 34.3. The molecule has 23 heavy (non-hydrogen) atoms. The van der Waals surface area contributed by atoms with Gasteiger partial charge in [0.05, 0.1) is 7.11 Å². The maximum atomic E-state index is 11.6. The largest absolute Gasteiger partial charge is 0.497 e. The molecule has 7 heteroatoms. The molecule has 7 nitrogen and oxygen atoms in total. The number of amides is 3. The number of benzene rings is 1. The molecule has 1 fully saturated rings. The number of hydrogen-bond donors (Lipinski definition) is 2. The van der Waals surface area contributed by atoms with Crippen LogP contribution in [0.15, 0.2) is 24.3 Å². The Morgan fingerprint density at radius 3 is 2.48 bits per heavy atom. The molecule has 2 rings (SSSR count). The van der Waals surface area contributed by atoms with Crippen LogP contribution in [0.2, 0.25) is 0 Å². The monoisotopic (exact) mass is 320 g/mol. The number of carbonyl (C=O) groups is 3. The molecule has 2 N–H and O–H groups in total. The van der Waals surface area contributed by atoms with Crippen molar-refractivity contribution < 1.29 is 23.9 Å². The van der Waals surface area contributed by atoms with Gasteiger partial charge in [-0.25, -0.2) is 4.79 Å². The van der Waals surface area contributed by atoms with Crippen molar-refractivity contribution in [3.8, 4) is 5.75 Å². The Balaban J connectivity index is 1.61. The van der Waals surface area contributed by atoms with Crippen molar-refractivity contribution in [3.63, 3.8) is 0 Å². The van der Waals surface area contributed by atoms with Crippen molar-refractivity contribution in [2.75, 3.05) is 13.7 Å². The minimum atomic E-state index is -0.638. The molecule has 1 aromatic rings. The molecule has 0 aliphatic heterocycles. The summed E-state index contributed by atoms with van der Waals surface area (Å²) >= 11 is 0. The van der Waals surface area contributed by atoms with Gasteiger partial charge in [0.15, 0.2) is 6.61 Å². The topological polar surface area (TPSA) is 93.7 Å². The van der Waals surface area contributed by atoms with Gasteiger partial charge >= 0.3 is 12.0 Å². The summed E-state index contributed by atoms with van der Waals surface area (Å²) in [5.41, 5.74) is 0.969. The molecule has 0 unspecified atom stereocenters. The maximum Gasteiger partial charge on any atom is 0.321 e. The molecule has 0 atom stereocenters. The third-order valence-corrected chi connectivity index (χ3v) is 3.31. The molecule has 3 amide bonds. The first kappa shape index (κ1) is 16.8. The fourth-order valence-electron chi connectivity index (χ4n) is 1.87. The van der Waals surface area contributed by atoms with E-state index in [0.29, 0.717) is 6.42 Å². The van der Waals surface area contributed by atoms with E-state index in [1.807, 2.05) is 24.3 Å². The number of hydrogen-bond acceptors (Lipinski definition) is 5. The van der Waals surface area contributed by atoms with Gasteiger partial charge in [-0.3, -0.25) is 14.9 Å². The van der Waals surface area contributed by atoms with Crippen molar-refractivity contribution in [1.82, 2.24) is 10.6 Å². The number of methoxy groups -OCH3 is 1. The summed E-state index contributed by atoms with van der Waals surface area (Å²) in [6, 6.07) is 6.96. The van der Waals surface area contributed by atoms with Crippen molar-refractivity contribution in [1.29, 1.82) is 0 Å². The van der Waals surface area contributed by atoms with Crippen molar-refractivity contribution in [2.45, 2.75) is 31.7 Å². The van der Waals surface area contributed by atoms with Crippen LogP contribution in [0.3, 0.4) is 0 Å². The third-order valence-electron chi connectivity index (χ3n) is 3.31. The summed E-state index contributed by atoms with van der Waals surface area (Å²) in [6.45, 7) is -0.459. The smallest absolute Gasteiger partial charge is 0.321 e. The first-order valence-electron chi connectivity index (χ1n) is 7.45. The zero-order valence-electron chi connectivity index (χ0n) is 13.0. The molecule has 0 radical (unpaired) electrons. The second-order valence-corrected chi connectivity index (χ2v) is 5.30. The summed E-state index contributed by atoms with van der Waals surface area (Å²) in [6.07, 6.45) is 2.53. The van der Waals surface area contributed by atoms with Crippen LogP contribution in [-0.4, -0.2) is 37.7 Å². The number of esters is 1. The lowest BCUT2D eigenvalue weighted by Gasteiger charge is -2.07. The third kappa shape index (κ3) is 6.37. The first-order chi connectivity index (χ1) is 11.1. The molecule has 124 valence electrons. The zero-order chi connectivity index (χ0) is 16.7. The lowest BCUT2D eigenvalue weighted by atomic mass is 10.1. The lowest BCUT2D eigenvalue weighted by molar-refractivity contribution is -0.148. The van der Waals surface area contributed by atoms with Crippen LogP contribution in [-0.2, 0) is 20.7 Å². The van der Waals surface area contributed by atoms with Gasteiger partial charge in [-0.2, -0.15) is 0 Å². The predicted molar refractivity (Wildman–Crippen MR) is 82.0 cm³/mol. The van der Waals surface area contributed by atoms with Crippen LogP contribution in [0.25, 0.3) is 0 Å². The average molecular weight is 320 g/mol. The predicted octanol–water partition coefficient (Wildman–Crippen LogP) is 1.16. The fraction of sp³-hybridized carbons (Fsp3) is 0.438. The van der Waals surface area contributed by atoms with Gasteiger partial charge in [-0.05, 0) is 37.0 Å². The summed E-state index contributed by atoms with van der Waals surface area (Å²) < 4.78 is 9.89. The molecule has 0 aromatic heterocycles. The van der Waals surface area contributed by atoms with Crippen LogP contribution >= 0.6 is 0 Å². The van der Waals surface area contributed by atoms with Crippen LogP contribution in [0.5, 0.6) is 5.75 Å². The maximum absolute atomic E-state index is 11.6. The van der Waals surface area contributed by atoms with Crippen molar-refractivity contribution in [3.05, 3.63) is 29.8 Å². The van der Waals surface area contributed by atoms with Gasteiger partial charge in [0.2, 0.25) is 0 Å². The van der Waals surface area contributed by atoms with E-state index < -0.39 is 24.5 Å². The number of imide groups is 1. The molecule has 1 saturated carbocycles. The molecular weight excluding hydrogens is 300 g/mol. The average Bonchev–Trinajstić information content (AvgIpc) is 3.35. The molecular formula is C16H20N2O5. The molecule has 0 spiro atoms. The highest BCUT2D eigenvalue weighted by Gasteiger charge is 2.24. The number of nitrogens with one attached hydrogen (secondary N) is 2. The minimum Gasteiger partial charge on any atom is -0.497 e. The number of rotatable bonds is 7. The molecule has 0 bridgehead atoms. The zero-order valence-corrected chi connectivity index (χ0v) is 13.0. The van der Waals surface area contributed by atoms with E-state index in [-0.39, 0.29) is 12.5 Å². The van der Waals surface area contributed by atoms with Gasteiger partial charge in [-0.15, -0.1) is 0 Å². The van der Waals surface area contributed by atoms with E-state index in [9.17, 15) is 14.4 Å². The van der Waals surface area contributed by atoms with Crippen LogP contribution in [0.4, 0.5) is 4.79 Å². The minimum absolute atomic E-state index is 0.161. The summed E-state index contributed by atoms with van der Waals surface area (Å²) in [5.74, 6) is -0.378. The normalized spacial score (nSPS) is 13.1. The van der Waals surface area contributed by atoms with Gasteiger partial charge in [0.1, 0.15) is 5.75 Å². The Hall–Kier alpha value is -2.57. The van der Waals surface area contributed by atoms with E-state index in [0.717, 1.165) is 24.2 Å². The molecule has 1 aliphatic carbocycles. The number of carbonyl (C=O) groups excluding carboxylic acids is 3. The van der Waals surface area contributed by atoms with Gasteiger partial charge in [0, 0.05) is 12.5 Å². The number of urea groups is 1. The van der Waals surface area contributed by atoms with Crippen LogP contribution in [0, 0.1) is 0 Å². The van der Waals surface area contributed by atoms with Gasteiger partial charge in [0.25, 0.3) is 5.91 Å². The summed E-state index contributed by atoms with van der Waals surface area (Å²) in [5, 5.41) is 4.72. The second kappa shape index (κ2) is 8.17. The van der Waals surface area contributed by atoms with E-state index in [2.05, 4.69) is 10.6 Å². The SMILES string of the molecule is COc1ccc(CCC(=O)OCC(=O)NC(=O)NC2CC2)cc1. The Morgan fingerprint density at radius 2 is 1.87 bits per heavy atom. The summed E-state index contributed by atoms with van der Waals surface area (Å²) in [7, 11) is 1.59. The Morgan fingerprint density at radius 1 is 1.17 bits per heavy atom. The molecule has 0 heterocycles. The van der Waals surface area contributed by atoms with Crippen molar-refractivity contribution >= 4 is 17.9 Å². The van der Waals surface area contributed by atoms with E-state index >= 15 is 0 Å². The Bertz CT molecular complexity index is 566. The molecule has 0 saturated heterocycles. The molecule has 1 aromatic carbocycles. The van der Waals surface area contributed by atoms with E-state index in [1.165, 1.54) is 0 Å². The Kier molecular flexibility index (Phi) is 5.96.